The van der Waals surface area contributed by atoms with E-state index in [2.05, 4.69) is 4.98 Å². The second-order valence-corrected chi connectivity index (χ2v) is 6.04. The van der Waals surface area contributed by atoms with Crippen molar-refractivity contribution in [2.75, 3.05) is 14.2 Å². The first kappa shape index (κ1) is 18.0. The highest BCUT2D eigenvalue weighted by Gasteiger charge is 2.27. The maximum absolute atomic E-state index is 12.5. The smallest absolute Gasteiger partial charge is 0.393 e. The normalized spacial score (nSPS) is 11.6. The fourth-order valence-electron chi connectivity index (χ4n) is 2.89. The van der Waals surface area contributed by atoms with Crippen LogP contribution in [-0.4, -0.2) is 25.4 Å². The summed E-state index contributed by atoms with van der Waals surface area (Å²) >= 11 is 0. The van der Waals surface area contributed by atoms with Crippen molar-refractivity contribution in [2.24, 2.45) is 0 Å². The number of methoxy groups -OCH3 is 2. The van der Waals surface area contributed by atoms with Crippen LogP contribution < -0.4 is 9.47 Å². The summed E-state index contributed by atoms with van der Waals surface area (Å²) in [7, 11) is 3.13. The summed E-state index contributed by atoms with van der Waals surface area (Å²) in [4.78, 5) is 4.64. The molecule has 0 saturated carbocycles. The Bertz CT molecular complexity index is 934. The molecule has 0 fully saturated rings. The van der Waals surface area contributed by atoms with Crippen molar-refractivity contribution >= 4 is 10.9 Å². The molecular weight excluding hydrogens is 343 g/mol. The Balaban J connectivity index is 2.03. The Morgan fingerprint density at radius 1 is 0.923 bits per heavy atom. The average molecular weight is 361 g/mol. The molecule has 0 unspecified atom stereocenters. The van der Waals surface area contributed by atoms with E-state index < -0.39 is 12.6 Å². The van der Waals surface area contributed by atoms with Crippen LogP contribution in [0.25, 0.3) is 22.2 Å². The highest BCUT2D eigenvalue weighted by molar-refractivity contribution is 5.88. The first-order chi connectivity index (χ1) is 12.3. The van der Waals surface area contributed by atoms with Crippen LogP contribution in [0.3, 0.4) is 0 Å². The maximum atomic E-state index is 12.5. The predicted molar refractivity (Wildman–Crippen MR) is 94.8 cm³/mol. The summed E-state index contributed by atoms with van der Waals surface area (Å²) in [6.07, 6.45) is -5.15. The van der Waals surface area contributed by atoms with Gasteiger partial charge in [0.2, 0.25) is 0 Å². The van der Waals surface area contributed by atoms with Crippen molar-refractivity contribution in [1.82, 2.24) is 4.98 Å². The Hall–Kier alpha value is -2.76. The number of nitrogens with zero attached hydrogens (tertiary/aromatic N) is 1. The number of aryl methyl sites for hydroxylation is 1. The summed E-state index contributed by atoms with van der Waals surface area (Å²) < 4.78 is 48.1. The number of benzene rings is 2. The number of rotatable bonds is 4. The van der Waals surface area contributed by atoms with Gasteiger partial charge >= 0.3 is 6.18 Å². The molecule has 0 aliphatic carbocycles. The average Bonchev–Trinajstić information content (AvgIpc) is 2.59. The number of hydrogen-bond donors (Lipinski definition) is 0. The van der Waals surface area contributed by atoms with Gasteiger partial charge in [-0.1, -0.05) is 24.3 Å². The SMILES string of the molecule is COc1cc2nc(-c3ccc(CC(F)(F)F)cc3)cc(C)c2cc1OC. The molecule has 3 aromatic rings. The standard InChI is InChI=1S/C20H18F3NO2/c1-12-8-16(14-6-4-13(5-7-14)11-20(21,22)23)24-17-10-19(26-3)18(25-2)9-15(12)17/h4-10H,11H2,1-3H3. The van der Waals surface area contributed by atoms with E-state index in [1.54, 1.807) is 32.4 Å². The van der Waals surface area contributed by atoms with Crippen LogP contribution in [0.5, 0.6) is 11.5 Å². The van der Waals surface area contributed by atoms with Crippen LogP contribution >= 0.6 is 0 Å². The van der Waals surface area contributed by atoms with Gasteiger partial charge in [-0.3, -0.25) is 0 Å². The van der Waals surface area contributed by atoms with E-state index >= 15 is 0 Å². The van der Waals surface area contributed by atoms with E-state index in [-0.39, 0.29) is 5.56 Å². The van der Waals surface area contributed by atoms with Crippen molar-refractivity contribution in [3.8, 4) is 22.8 Å². The van der Waals surface area contributed by atoms with Crippen LogP contribution in [0.2, 0.25) is 0 Å². The van der Waals surface area contributed by atoms with Gasteiger partial charge in [-0.2, -0.15) is 13.2 Å². The number of aromatic nitrogens is 1. The summed E-state index contributed by atoms with van der Waals surface area (Å²) in [6, 6.07) is 11.9. The molecular formula is C20H18F3NO2. The molecule has 0 bridgehead atoms. The fraction of sp³-hybridized carbons (Fsp3) is 0.250. The van der Waals surface area contributed by atoms with Crippen molar-refractivity contribution in [1.29, 1.82) is 0 Å². The van der Waals surface area contributed by atoms with Crippen LogP contribution in [0.1, 0.15) is 11.1 Å². The van der Waals surface area contributed by atoms with Crippen molar-refractivity contribution < 1.29 is 22.6 Å². The molecule has 26 heavy (non-hydrogen) atoms. The van der Waals surface area contributed by atoms with Gasteiger partial charge in [-0.25, -0.2) is 4.98 Å². The molecule has 3 nitrogen and oxygen atoms in total. The lowest BCUT2D eigenvalue weighted by molar-refractivity contribution is -0.127. The van der Waals surface area contributed by atoms with E-state index in [9.17, 15) is 13.2 Å². The minimum atomic E-state index is -4.21. The molecule has 0 aliphatic heterocycles. The zero-order chi connectivity index (χ0) is 18.9. The molecule has 136 valence electrons. The minimum absolute atomic E-state index is 0.227. The number of hydrogen-bond acceptors (Lipinski definition) is 3. The Kier molecular flexibility index (Phi) is 4.76. The second kappa shape index (κ2) is 6.86. The van der Waals surface area contributed by atoms with Gasteiger partial charge in [0, 0.05) is 17.0 Å². The van der Waals surface area contributed by atoms with Gasteiger partial charge in [-0.15, -0.1) is 0 Å². The third-order valence-corrected chi connectivity index (χ3v) is 4.18. The molecule has 1 aromatic heterocycles. The number of halogens is 3. The number of pyridine rings is 1. The molecule has 0 atom stereocenters. The van der Waals surface area contributed by atoms with E-state index in [1.165, 1.54) is 12.1 Å². The van der Waals surface area contributed by atoms with Gasteiger partial charge in [-0.05, 0) is 30.2 Å². The Morgan fingerprint density at radius 2 is 1.54 bits per heavy atom. The summed E-state index contributed by atoms with van der Waals surface area (Å²) in [5, 5.41) is 0.931. The summed E-state index contributed by atoms with van der Waals surface area (Å²) in [5.74, 6) is 1.19. The van der Waals surface area contributed by atoms with E-state index in [0.29, 0.717) is 17.2 Å². The summed E-state index contributed by atoms with van der Waals surface area (Å²) in [5.41, 5.74) is 3.41. The predicted octanol–water partition coefficient (Wildman–Crippen LogP) is 5.33. The topological polar surface area (TPSA) is 31.4 Å². The van der Waals surface area contributed by atoms with Gasteiger partial charge in [0.25, 0.3) is 0 Å². The number of ether oxygens (including phenoxy) is 2. The van der Waals surface area contributed by atoms with Gasteiger partial charge in [0.15, 0.2) is 11.5 Å². The molecule has 1 heterocycles. The number of fused-ring (bicyclic) bond motifs is 1. The summed E-state index contributed by atoms with van der Waals surface area (Å²) in [6.45, 7) is 1.96. The highest BCUT2D eigenvalue weighted by atomic mass is 19.4. The maximum Gasteiger partial charge on any atom is 0.393 e. The second-order valence-electron chi connectivity index (χ2n) is 6.04. The molecule has 6 heteroatoms. The van der Waals surface area contributed by atoms with Crippen LogP contribution in [0.4, 0.5) is 13.2 Å². The Labute approximate surface area is 149 Å². The van der Waals surface area contributed by atoms with Gasteiger partial charge in [0.1, 0.15) is 0 Å². The molecule has 0 amide bonds. The third-order valence-electron chi connectivity index (χ3n) is 4.18. The molecule has 0 aliphatic rings. The number of alkyl halides is 3. The van der Waals surface area contributed by atoms with E-state index in [1.807, 2.05) is 19.1 Å². The van der Waals surface area contributed by atoms with Gasteiger partial charge in [0.05, 0.1) is 31.9 Å². The van der Waals surface area contributed by atoms with Crippen molar-refractivity contribution in [3.63, 3.8) is 0 Å². The van der Waals surface area contributed by atoms with Crippen molar-refractivity contribution in [2.45, 2.75) is 19.5 Å². The Morgan fingerprint density at radius 3 is 2.12 bits per heavy atom. The van der Waals surface area contributed by atoms with Crippen LogP contribution in [0, 0.1) is 6.92 Å². The zero-order valence-corrected chi connectivity index (χ0v) is 14.6. The lowest BCUT2D eigenvalue weighted by atomic mass is 10.0. The monoisotopic (exact) mass is 361 g/mol. The largest absolute Gasteiger partial charge is 0.493 e. The highest BCUT2D eigenvalue weighted by Crippen LogP contribution is 2.34. The third kappa shape index (κ3) is 3.74. The molecule has 0 N–H and O–H groups in total. The van der Waals surface area contributed by atoms with E-state index in [0.717, 1.165) is 22.0 Å². The first-order valence-corrected chi connectivity index (χ1v) is 8.00. The molecule has 0 spiro atoms. The first-order valence-electron chi connectivity index (χ1n) is 8.00. The van der Waals surface area contributed by atoms with Gasteiger partial charge < -0.3 is 9.47 Å². The van der Waals surface area contributed by atoms with E-state index in [4.69, 9.17) is 9.47 Å². The molecule has 0 saturated heterocycles. The molecule has 2 aromatic carbocycles. The molecule has 0 radical (unpaired) electrons. The van der Waals surface area contributed by atoms with Crippen molar-refractivity contribution in [3.05, 3.63) is 53.6 Å². The van der Waals surface area contributed by atoms with Crippen LogP contribution in [0.15, 0.2) is 42.5 Å². The lowest BCUT2D eigenvalue weighted by Gasteiger charge is -2.12. The minimum Gasteiger partial charge on any atom is -0.493 e. The quantitative estimate of drug-likeness (QED) is 0.629. The van der Waals surface area contributed by atoms with Crippen LogP contribution in [-0.2, 0) is 6.42 Å². The zero-order valence-electron chi connectivity index (χ0n) is 14.6. The fourth-order valence-corrected chi connectivity index (χ4v) is 2.89. The molecule has 3 rings (SSSR count). The lowest BCUT2D eigenvalue weighted by Crippen LogP contribution is -2.11.